The number of hydrogen-bond acceptors (Lipinski definition) is 3. The predicted molar refractivity (Wildman–Crippen MR) is 70.7 cm³/mol. The normalized spacial score (nSPS) is 11.9. The molecule has 5 nitrogen and oxygen atoms in total. The van der Waals surface area contributed by atoms with Gasteiger partial charge >= 0.3 is 6.18 Å². The number of nitrogens with zero attached hydrogens (tertiary/aromatic N) is 3. The Kier molecular flexibility index (Phi) is 3.89. The zero-order valence-corrected chi connectivity index (χ0v) is 11.9. The van der Waals surface area contributed by atoms with E-state index >= 15 is 0 Å². The van der Waals surface area contributed by atoms with Crippen LogP contribution >= 0.6 is 0 Å². The first-order valence-corrected chi connectivity index (χ1v) is 6.42. The number of nitrogens with one attached hydrogen (secondary N) is 1. The predicted octanol–water partition coefficient (Wildman–Crippen LogP) is 2.20. The van der Waals surface area contributed by atoms with Gasteiger partial charge in [0.15, 0.2) is 5.65 Å². The van der Waals surface area contributed by atoms with Crippen molar-refractivity contribution in [2.45, 2.75) is 33.5 Å². The van der Waals surface area contributed by atoms with Crippen LogP contribution in [0.2, 0.25) is 0 Å². The zero-order chi connectivity index (χ0) is 15.8. The highest BCUT2D eigenvalue weighted by atomic mass is 19.4. The third-order valence-electron chi connectivity index (χ3n) is 2.98. The molecule has 0 aromatic carbocycles. The second-order valence-corrected chi connectivity index (χ2v) is 4.70. The number of aryl methyl sites for hydroxylation is 2. The molecule has 0 spiro atoms. The van der Waals surface area contributed by atoms with Crippen LogP contribution in [0, 0.1) is 13.8 Å². The van der Waals surface area contributed by atoms with Crippen molar-refractivity contribution in [3.8, 4) is 0 Å². The molecule has 0 aliphatic heterocycles. The third-order valence-corrected chi connectivity index (χ3v) is 2.98. The van der Waals surface area contributed by atoms with Gasteiger partial charge in [0.1, 0.15) is 6.54 Å². The highest BCUT2D eigenvalue weighted by Gasteiger charge is 2.35. The molecule has 0 saturated carbocycles. The van der Waals surface area contributed by atoms with Crippen molar-refractivity contribution in [3.05, 3.63) is 23.0 Å². The number of halogens is 3. The summed E-state index contributed by atoms with van der Waals surface area (Å²) in [6.45, 7) is 4.99. The molecule has 0 unspecified atom stereocenters. The minimum Gasteiger partial charge on any atom is -0.355 e. The number of amides is 1. The Morgan fingerprint density at radius 1 is 1.38 bits per heavy atom. The van der Waals surface area contributed by atoms with Crippen molar-refractivity contribution in [1.29, 1.82) is 0 Å². The maximum atomic E-state index is 13.1. The second-order valence-electron chi connectivity index (χ2n) is 4.70. The number of carbonyl (C=O) groups is 1. The monoisotopic (exact) mass is 300 g/mol. The van der Waals surface area contributed by atoms with E-state index < -0.39 is 11.7 Å². The van der Waals surface area contributed by atoms with Gasteiger partial charge in [0.2, 0.25) is 5.91 Å². The van der Waals surface area contributed by atoms with Gasteiger partial charge in [0.25, 0.3) is 0 Å². The molecule has 2 aromatic rings. The van der Waals surface area contributed by atoms with Crippen molar-refractivity contribution in [3.63, 3.8) is 0 Å². The Morgan fingerprint density at radius 2 is 2.05 bits per heavy atom. The molecule has 0 aliphatic rings. The van der Waals surface area contributed by atoms with Gasteiger partial charge in [-0.1, -0.05) is 0 Å². The molecule has 1 N–H and O–H groups in total. The number of fused-ring (bicyclic) bond motifs is 1. The largest absolute Gasteiger partial charge is 0.417 e. The van der Waals surface area contributed by atoms with Gasteiger partial charge < -0.3 is 5.32 Å². The van der Waals surface area contributed by atoms with E-state index in [1.54, 1.807) is 6.92 Å². The first-order valence-electron chi connectivity index (χ1n) is 6.42. The minimum absolute atomic E-state index is 0.0580. The lowest BCUT2D eigenvalue weighted by Crippen LogP contribution is -2.27. The van der Waals surface area contributed by atoms with Gasteiger partial charge in [0, 0.05) is 12.2 Å². The molecule has 0 aliphatic carbocycles. The van der Waals surface area contributed by atoms with Crippen molar-refractivity contribution >= 4 is 16.9 Å². The van der Waals surface area contributed by atoms with Crippen LogP contribution in [0.15, 0.2) is 6.07 Å². The van der Waals surface area contributed by atoms with E-state index in [1.807, 2.05) is 0 Å². The van der Waals surface area contributed by atoms with Crippen LogP contribution in [0.25, 0.3) is 11.0 Å². The molecule has 0 saturated heterocycles. The summed E-state index contributed by atoms with van der Waals surface area (Å²) in [6.07, 6.45) is -4.49. The highest BCUT2D eigenvalue weighted by molar-refractivity contribution is 5.85. The standard InChI is InChI=1S/C13H15F3N4O/c1-4-17-10(21)6-20-12-11(8(3)19-20)9(13(14,15)16)5-7(2)18-12/h5H,4,6H2,1-3H3,(H,17,21). The molecule has 0 radical (unpaired) electrons. The lowest BCUT2D eigenvalue weighted by molar-refractivity contribution is -0.136. The molecule has 1 amide bonds. The summed E-state index contributed by atoms with van der Waals surface area (Å²) < 4.78 is 40.6. The lowest BCUT2D eigenvalue weighted by Gasteiger charge is -2.10. The first-order chi connectivity index (χ1) is 9.74. The number of alkyl halides is 3. The number of likely N-dealkylation sites (N-methyl/N-ethyl adjacent to an activating group) is 1. The van der Waals surface area contributed by atoms with Gasteiger partial charge in [-0.15, -0.1) is 0 Å². The van der Waals surface area contributed by atoms with E-state index in [4.69, 9.17) is 0 Å². The lowest BCUT2D eigenvalue weighted by atomic mass is 10.1. The Labute approximate surface area is 119 Å². The quantitative estimate of drug-likeness (QED) is 0.945. The van der Waals surface area contributed by atoms with E-state index in [2.05, 4.69) is 15.4 Å². The van der Waals surface area contributed by atoms with Crippen molar-refractivity contribution in [2.75, 3.05) is 6.54 Å². The molecule has 2 heterocycles. The maximum absolute atomic E-state index is 13.1. The molecular formula is C13H15F3N4O. The van der Waals surface area contributed by atoms with Gasteiger partial charge in [-0.3, -0.25) is 4.79 Å². The fourth-order valence-corrected chi connectivity index (χ4v) is 2.20. The van der Waals surface area contributed by atoms with Crippen LogP contribution in [0.3, 0.4) is 0 Å². The molecule has 0 fully saturated rings. The summed E-state index contributed by atoms with van der Waals surface area (Å²) in [7, 11) is 0. The van der Waals surface area contributed by atoms with Crippen LogP contribution in [0.1, 0.15) is 23.9 Å². The Balaban J connectivity index is 2.61. The summed E-state index contributed by atoms with van der Waals surface area (Å²) in [5, 5.41) is 6.54. The summed E-state index contributed by atoms with van der Waals surface area (Å²) in [5.41, 5.74) is -0.267. The number of carbonyl (C=O) groups excluding carboxylic acids is 1. The Hall–Kier alpha value is -2.12. The van der Waals surface area contributed by atoms with Gasteiger partial charge in [0.05, 0.1) is 16.6 Å². The molecule has 0 atom stereocenters. The molecule has 114 valence electrons. The molecular weight excluding hydrogens is 285 g/mol. The number of aromatic nitrogens is 3. The fourth-order valence-electron chi connectivity index (χ4n) is 2.20. The maximum Gasteiger partial charge on any atom is 0.417 e. The van der Waals surface area contributed by atoms with Gasteiger partial charge in [-0.05, 0) is 26.8 Å². The van der Waals surface area contributed by atoms with Crippen molar-refractivity contribution < 1.29 is 18.0 Å². The number of pyridine rings is 1. The summed E-state index contributed by atoms with van der Waals surface area (Å²) in [5.74, 6) is -0.321. The Bertz CT molecular complexity index is 691. The van der Waals surface area contributed by atoms with E-state index in [1.165, 1.54) is 18.5 Å². The van der Waals surface area contributed by atoms with Gasteiger partial charge in [-0.2, -0.15) is 18.3 Å². The second kappa shape index (κ2) is 5.34. The van der Waals surface area contributed by atoms with Crippen molar-refractivity contribution in [1.82, 2.24) is 20.1 Å². The molecule has 8 heteroatoms. The average Bonchev–Trinajstić information content (AvgIpc) is 2.64. The van der Waals surface area contributed by atoms with Crippen molar-refractivity contribution in [2.24, 2.45) is 0 Å². The Morgan fingerprint density at radius 3 is 2.62 bits per heavy atom. The SMILES string of the molecule is CCNC(=O)Cn1nc(C)c2c(C(F)(F)F)cc(C)nc21. The molecule has 21 heavy (non-hydrogen) atoms. The minimum atomic E-state index is -4.49. The summed E-state index contributed by atoms with van der Waals surface area (Å²) >= 11 is 0. The number of hydrogen-bond donors (Lipinski definition) is 1. The zero-order valence-electron chi connectivity index (χ0n) is 11.9. The smallest absolute Gasteiger partial charge is 0.355 e. The highest BCUT2D eigenvalue weighted by Crippen LogP contribution is 2.36. The summed E-state index contributed by atoms with van der Waals surface area (Å²) in [4.78, 5) is 15.7. The average molecular weight is 300 g/mol. The summed E-state index contributed by atoms with van der Waals surface area (Å²) in [6, 6.07) is 0.994. The first kappa shape index (κ1) is 15.3. The van der Waals surface area contributed by atoms with E-state index in [-0.39, 0.29) is 34.9 Å². The van der Waals surface area contributed by atoms with Crippen LogP contribution in [-0.2, 0) is 17.5 Å². The number of rotatable bonds is 3. The van der Waals surface area contributed by atoms with E-state index in [0.717, 1.165) is 6.07 Å². The van der Waals surface area contributed by atoms with Crippen LogP contribution < -0.4 is 5.32 Å². The van der Waals surface area contributed by atoms with Gasteiger partial charge in [-0.25, -0.2) is 9.67 Å². The molecule has 0 bridgehead atoms. The fraction of sp³-hybridized carbons (Fsp3) is 0.462. The molecule has 2 rings (SSSR count). The van der Waals surface area contributed by atoms with Crippen LogP contribution in [0.5, 0.6) is 0 Å². The van der Waals surface area contributed by atoms with E-state index in [9.17, 15) is 18.0 Å². The topological polar surface area (TPSA) is 59.8 Å². The molecule has 2 aromatic heterocycles. The van der Waals surface area contributed by atoms with Crippen LogP contribution in [0.4, 0.5) is 13.2 Å². The van der Waals surface area contributed by atoms with E-state index in [0.29, 0.717) is 6.54 Å². The van der Waals surface area contributed by atoms with Crippen LogP contribution in [-0.4, -0.2) is 27.2 Å². The third kappa shape index (κ3) is 2.98.